The quantitative estimate of drug-likeness (QED) is 0.835. The Kier molecular flexibility index (Phi) is 4.47. The largest absolute Gasteiger partial charge is 0.350 e. The fourth-order valence-corrected chi connectivity index (χ4v) is 1.67. The van der Waals surface area contributed by atoms with Crippen LogP contribution in [0, 0.1) is 11.7 Å². The topological polar surface area (TPSA) is 29.1 Å². The van der Waals surface area contributed by atoms with E-state index in [-0.39, 0.29) is 17.8 Å². The fraction of sp³-hybridized carbons (Fsp3) is 0.462. The number of hydrogen-bond donors (Lipinski definition) is 1. The first-order valence-electron chi connectivity index (χ1n) is 5.55. The number of carbonyl (C=O) groups excluding carboxylic acids is 1. The molecule has 0 aliphatic rings. The molecular weight excluding hydrogens is 205 g/mol. The number of carbonyl (C=O) groups is 1. The summed E-state index contributed by atoms with van der Waals surface area (Å²) in [6.07, 6.45) is 0.937. The first kappa shape index (κ1) is 12.7. The van der Waals surface area contributed by atoms with Gasteiger partial charge in [-0.25, -0.2) is 4.39 Å². The fourth-order valence-electron chi connectivity index (χ4n) is 1.67. The van der Waals surface area contributed by atoms with Crippen LogP contribution in [-0.2, 0) is 0 Å². The van der Waals surface area contributed by atoms with Crippen molar-refractivity contribution in [2.45, 2.75) is 33.2 Å². The zero-order chi connectivity index (χ0) is 12.1. The lowest BCUT2D eigenvalue weighted by Gasteiger charge is -2.15. The van der Waals surface area contributed by atoms with Crippen LogP contribution in [0.25, 0.3) is 0 Å². The van der Waals surface area contributed by atoms with Gasteiger partial charge in [-0.2, -0.15) is 0 Å². The molecule has 0 saturated carbocycles. The van der Waals surface area contributed by atoms with Gasteiger partial charge >= 0.3 is 0 Å². The van der Waals surface area contributed by atoms with Gasteiger partial charge in [0.2, 0.25) is 0 Å². The Morgan fingerprint density at radius 3 is 2.31 bits per heavy atom. The summed E-state index contributed by atoms with van der Waals surface area (Å²) in [4.78, 5) is 11.7. The maximum atomic E-state index is 12.7. The number of benzene rings is 1. The van der Waals surface area contributed by atoms with Crippen molar-refractivity contribution in [2.75, 3.05) is 0 Å². The Hall–Kier alpha value is -1.38. The summed E-state index contributed by atoms with van der Waals surface area (Å²) in [5, 5.41) is 2.89. The second-order valence-corrected chi connectivity index (χ2v) is 4.51. The SMILES string of the molecule is CC(C)CC(C)NC(=O)c1ccc(F)cc1. The van der Waals surface area contributed by atoms with E-state index in [4.69, 9.17) is 0 Å². The minimum atomic E-state index is -0.327. The van der Waals surface area contributed by atoms with Crippen molar-refractivity contribution < 1.29 is 9.18 Å². The molecule has 1 aromatic rings. The van der Waals surface area contributed by atoms with E-state index in [9.17, 15) is 9.18 Å². The molecule has 0 radical (unpaired) electrons. The van der Waals surface area contributed by atoms with Crippen LogP contribution in [0.5, 0.6) is 0 Å². The van der Waals surface area contributed by atoms with Crippen LogP contribution in [0.3, 0.4) is 0 Å². The smallest absolute Gasteiger partial charge is 0.251 e. The van der Waals surface area contributed by atoms with Crippen molar-refractivity contribution in [3.63, 3.8) is 0 Å². The van der Waals surface area contributed by atoms with Crippen molar-refractivity contribution in [2.24, 2.45) is 5.92 Å². The van der Waals surface area contributed by atoms with E-state index in [0.717, 1.165) is 6.42 Å². The van der Waals surface area contributed by atoms with Gasteiger partial charge in [0.05, 0.1) is 0 Å². The van der Waals surface area contributed by atoms with Gasteiger partial charge in [0.25, 0.3) is 5.91 Å². The Morgan fingerprint density at radius 1 is 1.25 bits per heavy atom. The van der Waals surface area contributed by atoms with E-state index in [1.807, 2.05) is 6.92 Å². The molecule has 1 rings (SSSR count). The molecule has 3 heteroatoms. The summed E-state index contributed by atoms with van der Waals surface area (Å²) in [6.45, 7) is 6.20. The van der Waals surface area contributed by atoms with Gasteiger partial charge in [-0.05, 0) is 43.5 Å². The second-order valence-electron chi connectivity index (χ2n) is 4.51. The Balaban J connectivity index is 2.55. The van der Waals surface area contributed by atoms with Crippen molar-refractivity contribution in [3.8, 4) is 0 Å². The Bertz CT molecular complexity index is 345. The number of nitrogens with one attached hydrogen (secondary N) is 1. The molecule has 0 heterocycles. The lowest BCUT2D eigenvalue weighted by atomic mass is 10.0. The minimum absolute atomic E-state index is 0.137. The average Bonchev–Trinajstić information content (AvgIpc) is 2.16. The predicted octanol–water partition coefficient (Wildman–Crippen LogP) is 2.99. The van der Waals surface area contributed by atoms with Gasteiger partial charge in [0, 0.05) is 11.6 Å². The molecule has 1 N–H and O–H groups in total. The highest BCUT2D eigenvalue weighted by atomic mass is 19.1. The highest BCUT2D eigenvalue weighted by Crippen LogP contribution is 2.06. The van der Waals surface area contributed by atoms with Crippen LogP contribution in [0.1, 0.15) is 37.6 Å². The summed E-state index contributed by atoms with van der Waals surface area (Å²) in [5.74, 6) is 0.0726. The minimum Gasteiger partial charge on any atom is -0.350 e. The number of amides is 1. The molecule has 16 heavy (non-hydrogen) atoms. The van der Waals surface area contributed by atoms with Crippen molar-refractivity contribution in [3.05, 3.63) is 35.6 Å². The lowest BCUT2D eigenvalue weighted by Crippen LogP contribution is -2.33. The molecule has 88 valence electrons. The highest BCUT2D eigenvalue weighted by Gasteiger charge is 2.10. The van der Waals surface area contributed by atoms with Crippen molar-refractivity contribution >= 4 is 5.91 Å². The molecule has 1 aromatic carbocycles. The van der Waals surface area contributed by atoms with Crippen LogP contribution in [0.15, 0.2) is 24.3 Å². The molecule has 0 spiro atoms. The summed E-state index contributed by atoms with van der Waals surface area (Å²) in [7, 11) is 0. The third-order valence-corrected chi connectivity index (χ3v) is 2.31. The van der Waals surface area contributed by atoms with Gasteiger partial charge in [0.15, 0.2) is 0 Å². The third-order valence-electron chi connectivity index (χ3n) is 2.31. The highest BCUT2D eigenvalue weighted by molar-refractivity contribution is 5.94. The first-order valence-corrected chi connectivity index (χ1v) is 5.55. The molecule has 2 nitrogen and oxygen atoms in total. The Labute approximate surface area is 95.9 Å². The summed E-state index contributed by atoms with van der Waals surface area (Å²) in [5.41, 5.74) is 0.497. The van der Waals surface area contributed by atoms with Crippen LogP contribution >= 0.6 is 0 Å². The lowest BCUT2D eigenvalue weighted by molar-refractivity contribution is 0.0936. The third kappa shape index (κ3) is 4.01. The van der Waals surface area contributed by atoms with E-state index in [1.54, 1.807) is 0 Å². The Morgan fingerprint density at radius 2 is 1.81 bits per heavy atom. The van der Waals surface area contributed by atoms with Gasteiger partial charge in [-0.1, -0.05) is 13.8 Å². The molecule has 1 atom stereocenters. The van der Waals surface area contributed by atoms with Crippen LogP contribution < -0.4 is 5.32 Å². The van der Waals surface area contributed by atoms with E-state index >= 15 is 0 Å². The molecule has 1 unspecified atom stereocenters. The molecule has 1 amide bonds. The van der Waals surface area contributed by atoms with Crippen LogP contribution in [0.2, 0.25) is 0 Å². The van der Waals surface area contributed by atoms with E-state index in [0.29, 0.717) is 11.5 Å². The molecule has 0 bridgehead atoms. The average molecular weight is 223 g/mol. The van der Waals surface area contributed by atoms with Crippen LogP contribution in [-0.4, -0.2) is 11.9 Å². The first-order chi connectivity index (χ1) is 7.49. The summed E-state index contributed by atoms with van der Waals surface area (Å²) in [6, 6.07) is 5.71. The van der Waals surface area contributed by atoms with Crippen LogP contribution in [0.4, 0.5) is 4.39 Å². The summed E-state index contributed by atoms with van der Waals surface area (Å²) < 4.78 is 12.7. The molecule has 0 fully saturated rings. The summed E-state index contributed by atoms with van der Waals surface area (Å²) >= 11 is 0. The number of rotatable bonds is 4. The standard InChI is InChI=1S/C13H18FNO/c1-9(2)8-10(3)15-13(16)11-4-6-12(14)7-5-11/h4-7,9-10H,8H2,1-3H3,(H,15,16). The number of hydrogen-bond acceptors (Lipinski definition) is 1. The monoisotopic (exact) mass is 223 g/mol. The van der Waals surface area contributed by atoms with Crippen molar-refractivity contribution in [1.29, 1.82) is 0 Å². The van der Waals surface area contributed by atoms with Gasteiger partial charge in [0.1, 0.15) is 5.82 Å². The van der Waals surface area contributed by atoms with Crippen molar-refractivity contribution in [1.82, 2.24) is 5.32 Å². The zero-order valence-electron chi connectivity index (χ0n) is 9.96. The predicted molar refractivity (Wildman–Crippen MR) is 62.8 cm³/mol. The molecule has 0 saturated heterocycles. The van der Waals surface area contributed by atoms with Gasteiger partial charge < -0.3 is 5.32 Å². The number of halogens is 1. The molecule has 0 aromatic heterocycles. The van der Waals surface area contributed by atoms with Gasteiger partial charge in [-0.15, -0.1) is 0 Å². The maximum absolute atomic E-state index is 12.7. The molecule has 0 aliphatic carbocycles. The zero-order valence-corrected chi connectivity index (χ0v) is 9.96. The second kappa shape index (κ2) is 5.64. The van der Waals surface area contributed by atoms with E-state index in [2.05, 4.69) is 19.2 Å². The normalized spacial score (nSPS) is 12.6. The van der Waals surface area contributed by atoms with E-state index < -0.39 is 0 Å². The molecular formula is C13H18FNO. The van der Waals surface area contributed by atoms with Gasteiger partial charge in [-0.3, -0.25) is 4.79 Å². The molecule has 0 aliphatic heterocycles. The maximum Gasteiger partial charge on any atom is 0.251 e. The van der Waals surface area contributed by atoms with E-state index in [1.165, 1.54) is 24.3 Å².